The molecule has 15 N–H and O–H groups in total. The van der Waals surface area contributed by atoms with Gasteiger partial charge in [-0.2, -0.15) is 0 Å². The van der Waals surface area contributed by atoms with Crippen LogP contribution < -0.4 is 11.5 Å². The fraction of sp³-hybridized carbons (Fsp3) is 0.569. The van der Waals surface area contributed by atoms with Crippen molar-refractivity contribution < 1.29 is 94.4 Å². The number of ketones is 3. The van der Waals surface area contributed by atoms with Crippen molar-refractivity contribution in [3.8, 4) is 0 Å². The molecule has 79 heavy (non-hydrogen) atoms. The van der Waals surface area contributed by atoms with Gasteiger partial charge in [0.25, 0.3) is 0 Å². The number of carboxylic acid groups (broad SMARTS) is 1. The molecule has 0 unspecified atom stereocenters. The summed E-state index contributed by atoms with van der Waals surface area (Å²) < 4.78 is 17.4. The van der Waals surface area contributed by atoms with Crippen LogP contribution in [0.5, 0.6) is 0 Å². The minimum atomic E-state index is -1.97. The number of esters is 1. The van der Waals surface area contributed by atoms with Gasteiger partial charge in [-0.3, -0.25) is 24.0 Å². The van der Waals surface area contributed by atoms with Crippen LogP contribution in [0.15, 0.2) is 109 Å². The first-order chi connectivity index (χ1) is 37.3. The summed E-state index contributed by atoms with van der Waals surface area (Å²) >= 11 is 0. The minimum absolute atomic E-state index is 0.135. The van der Waals surface area contributed by atoms with Crippen LogP contribution in [0, 0.1) is 17.8 Å². The topological polar surface area (TPSA) is 388 Å². The molecule has 440 valence electrons. The average molecular weight is 1110 g/mol. The van der Waals surface area contributed by atoms with Gasteiger partial charge in [-0.05, 0) is 69.2 Å². The number of hydrogen-bond donors (Lipinski definition) is 13. The molecule has 21 nitrogen and oxygen atoms in total. The van der Waals surface area contributed by atoms with Crippen molar-refractivity contribution in [2.75, 3.05) is 5.73 Å². The van der Waals surface area contributed by atoms with Crippen LogP contribution in [0.4, 0.5) is 5.69 Å². The largest absolute Gasteiger partial charge is 0.481 e. The molecule has 1 aromatic carbocycles. The molecule has 2 aliphatic rings. The normalized spacial score (nSPS) is 33.3. The van der Waals surface area contributed by atoms with E-state index in [1.165, 1.54) is 19.1 Å². The summed E-state index contributed by atoms with van der Waals surface area (Å²) in [6.45, 7) is 5.16. The highest BCUT2D eigenvalue weighted by Gasteiger charge is 2.43. The Morgan fingerprint density at radius 2 is 1.13 bits per heavy atom. The van der Waals surface area contributed by atoms with E-state index in [0.717, 1.165) is 0 Å². The number of aliphatic hydroxyl groups excluding tert-OH is 10. The molecule has 2 heterocycles. The van der Waals surface area contributed by atoms with Gasteiger partial charge in [0.15, 0.2) is 12.1 Å². The third kappa shape index (κ3) is 25.7. The molecule has 2 aliphatic heterocycles. The van der Waals surface area contributed by atoms with Crippen LogP contribution >= 0.6 is 0 Å². The molecule has 0 amide bonds. The fourth-order valence-corrected chi connectivity index (χ4v) is 9.23. The van der Waals surface area contributed by atoms with E-state index in [1.54, 1.807) is 91.1 Å². The molecule has 0 aromatic heterocycles. The summed E-state index contributed by atoms with van der Waals surface area (Å²) in [5, 5.41) is 117. The standard InChI is InChI=1S/C58H84N2O19/c1-34-16-14-12-10-8-6-4-5-7-9-11-13-15-17-47(78-58-55(74)53(60)54(73)36(3)77-58)33-50(71)52(57(75)76)49(70)31-45(67)28-43(65)26-41(63)24-40(62)25-42(64)27-44(66)29-46(68)32-51(72)79-56(34)35(2)18-23-39(61)30-48(69)37-19-21-38(59)22-20-37/h4-17,19-22,34-36,39-43,46-47,49-50,52-56,58,61-65,68,70-71,73-74H,18,23-33,59-60H2,1-3H3,(H,75,76)/t34-,35+,36-,39-,40-,41+,42+,43-,46-,47-,49-,50+,52-,53-,54-,55-,56-,58+/m0/s1. The molecule has 0 radical (unpaired) electrons. The highest BCUT2D eigenvalue weighted by Crippen LogP contribution is 2.28. The predicted octanol–water partition coefficient (Wildman–Crippen LogP) is 2.13. The lowest BCUT2D eigenvalue weighted by molar-refractivity contribution is -0.277. The predicted molar refractivity (Wildman–Crippen MR) is 291 cm³/mol. The molecule has 0 spiro atoms. The Kier molecular flexibility index (Phi) is 30.4. The smallest absolute Gasteiger partial charge is 0.311 e. The number of carboxylic acids is 1. The van der Waals surface area contributed by atoms with Crippen LogP contribution in [-0.4, -0.2) is 177 Å². The van der Waals surface area contributed by atoms with Crippen molar-refractivity contribution >= 4 is 35.0 Å². The Bertz CT molecular complexity index is 2260. The quantitative estimate of drug-likeness (QED) is 0.0906. The third-order valence-corrected chi connectivity index (χ3v) is 13.6. The zero-order valence-corrected chi connectivity index (χ0v) is 45.1. The maximum Gasteiger partial charge on any atom is 0.311 e. The molecule has 21 heteroatoms. The van der Waals surface area contributed by atoms with E-state index in [0.29, 0.717) is 17.7 Å². The number of carbonyl (C=O) groups excluding carboxylic acids is 4. The fourth-order valence-electron chi connectivity index (χ4n) is 9.23. The number of rotatable bonds is 10. The van der Waals surface area contributed by atoms with Crippen LogP contribution in [0.1, 0.15) is 108 Å². The lowest BCUT2D eigenvalue weighted by atomic mass is 9.88. The summed E-state index contributed by atoms with van der Waals surface area (Å²) in [6, 6.07) is 5.18. The monoisotopic (exact) mass is 1110 g/mol. The number of ether oxygens (including phenoxy) is 3. The third-order valence-electron chi connectivity index (χ3n) is 13.6. The zero-order chi connectivity index (χ0) is 58.8. The number of carbonyl (C=O) groups is 5. The van der Waals surface area contributed by atoms with Gasteiger partial charge < -0.3 is 81.8 Å². The first-order valence-electron chi connectivity index (χ1n) is 26.7. The van der Waals surface area contributed by atoms with Crippen molar-refractivity contribution in [3.63, 3.8) is 0 Å². The van der Waals surface area contributed by atoms with Gasteiger partial charge >= 0.3 is 11.9 Å². The number of cyclic esters (lactones) is 1. The summed E-state index contributed by atoms with van der Waals surface area (Å²) in [4.78, 5) is 64.3. The Labute approximate surface area is 461 Å². The van der Waals surface area contributed by atoms with Crippen LogP contribution in [0.3, 0.4) is 0 Å². The second-order valence-electron chi connectivity index (χ2n) is 20.7. The molecule has 0 saturated carbocycles. The number of anilines is 1. The number of Topliss-reactive ketones (excluding diaryl/α,β-unsaturated/α-hetero) is 3. The van der Waals surface area contributed by atoms with Gasteiger partial charge in [0, 0.05) is 55.7 Å². The van der Waals surface area contributed by atoms with Crippen molar-refractivity contribution in [1.29, 1.82) is 0 Å². The minimum Gasteiger partial charge on any atom is -0.481 e. The summed E-state index contributed by atoms with van der Waals surface area (Å²) in [6.07, 6.45) is 0.194. The van der Waals surface area contributed by atoms with Crippen LogP contribution in [0.25, 0.3) is 0 Å². The van der Waals surface area contributed by atoms with Gasteiger partial charge in [0.2, 0.25) is 0 Å². The van der Waals surface area contributed by atoms with Gasteiger partial charge in [-0.1, -0.05) is 98.9 Å². The van der Waals surface area contributed by atoms with E-state index in [1.807, 2.05) is 19.9 Å². The Hall–Kier alpha value is -5.37. The lowest BCUT2D eigenvalue weighted by Crippen LogP contribution is -2.61. The summed E-state index contributed by atoms with van der Waals surface area (Å²) in [5.41, 5.74) is 12.6. The van der Waals surface area contributed by atoms with Gasteiger partial charge in [-0.15, -0.1) is 0 Å². The van der Waals surface area contributed by atoms with Gasteiger partial charge in [0.05, 0.1) is 79.6 Å². The van der Waals surface area contributed by atoms with Crippen LogP contribution in [-0.2, 0) is 33.4 Å². The molecule has 1 fully saturated rings. The Morgan fingerprint density at radius 1 is 0.633 bits per heavy atom. The average Bonchev–Trinajstić information content (AvgIpc) is 3.35. The molecule has 18 atom stereocenters. The van der Waals surface area contributed by atoms with E-state index in [-0.39, 0.29) is 30.5 Å². The Balaban J connectivity index is 1.83. The maximum atomic E-state index is 13.3. The number of aliphatic hydroxyl groups is 10. The number of nitrogen functional groups attached to an aromatic ring is 1. The van der Waals surface area contributed by atoms with Crippen molar-refractivity contribution in [3.05, 3.63) is 115 Å². The first-order valence-corrected chi connectivity index (χ1v) is 26.7. The SMILES string of the molecule is C[C@H](CC[C@H](O)CC(=O)c1ccc(N)cc1)[C@H]1OC(=O)C[C@@H](O)CC(=O)C[C@H](O)C[C@@H](O)C[C@@H](O)C[C@H](O)CC(=O)C[C@H](O)[C@H](C(=O)O)[C@H](O)C[C@@H](O[C@H]2O[C@@H](C)[C@H](O)[C@H](N)[C@@H]2O)C=CC=CC=CC=CC=CC=CC=C[C@@H]1C. The van der Waals surface area contributed by atoms with E-state index in [9.17, 15) is 80.1 Å². The van der Waals surface area contributed by atoms with E-state index >= 15 is 0 Å². The summed E-state index contributed by atoms with van der Waals surface area (Å²) in [5.74, 6) is -6.88. The molecule has 0 bridgehead atoms. The van der Waals surface area contributed by atoms with E-state index in [4.69, 9.17) is 25.7 Å². The highest BCUT2D eigenvalue weighted by molar-refractivity contribution is 5.96. The Morgan fingerprint density at radius 3 is 1.67 bits per heavy atom. The zero-order valence-electron chi connectivity index (χ0n) is 45.1. The summed E-state index contributed by atoms with van der Waals surface area (Å²) in [7, 11) is 0. The first kappa shape index (κ1) is 67.9. The number of allylic oxidation sites excluding steroid dienone is 12. The molecule has 3 rings (SSSR count). The van der Waals surface area contributed by atoms with Crippen LogP contribution in [0.2, 0.25) is 0 Å². The molecular weight excluding hydrogens is 1030 g/mol. The van der Waals surface area contributed by atoms with Crippen molar-refractivity contribution in [2.24, 2.45) is 23.5 Å². The number of hydrogen-bond acceptors (Lipinski definition) is 20. The lowest BCUT2D eigenvalue weighted by Gasteiger charge is -2.41. The molecule has 1 aromatic rings. The number of nitrogens with two attached hydrogens (primary N) is 2. The number of benzene rings is 1. The maximum absolute atomic E-state index is 13.3. The molecule has 0 aliphatic carbocycles. The van der Waals surface area contributed by atoms with Crippen molar-refractivity contribution in [2.45, 2.75) is 190 Å². The van der Waals surface area contributed by atoms with Gasteiger partial charge in [-0.25, -0.2) is 0 Å². The van der Waals surface area contributed by atoms with E-state index in [2.05, 4.69) is 0 Å². The second kappa shape index (κ2) is 35.4. The second-order valence-corrected chi connectivity index (χ2v) is 20.7. The van der Waals surface area contributed by atoms with E-state index < -0.39 is 179 Å². The van der Waals surface area contributed by atoms with Gasteiger partial charge in [0.1, 0.15) is 29.7 Å². The van der Waals surface area contributed by atoms with Crippen molar-refractivity contribution in [1.82, 2.24) is 0 Å². The highest BCUT2D eigenvalue weighted by atomic mass is 16.7. The molecular formula is C58H84N2O19. The number of aliphatic carboxylic acids is 1. The molecule has 1 saturated heterocycles.